The number of tetrazole rings is 1. The van der Waals surface area contributed by atoms with Crippen LogP contribution in [0.3, 0.4) is 0 Å². The predicted molar refractivity (Wildman–Crippen MR) is 72.7 cm³/mol. The Bertz CT molecular complexity index is 582. The first-order valence-corrected chi connectivity index (χ1v) is 6.25. The molecule has 1 heterocycles. The van der Waals surface area contributed by atoms with Gasteiger partial charge in [-0.25, -0.2) is 4.68 Å². The summed E-state index contributed by atoms with van der Waals surface area (Å²) in [6, 6.07) is 5.43. The fourth-order valence-corrected chi connectivity index (χ4v) is 1.90. The minimum absolute atomic E-state index is 0.0514. The zero-order chi connectivity index (χ0) is 14.5. The molecule has 1 aromatic heterocycles. The van der Waals surface area contributed by atoms with Crippen LogP contribution in [-0.4, -0.2) is 45.9 Å². The molecule has 0 fully saturated rings. The van der Waals surface area contributed by atoms with Crippen molar-refractivity contribution in [1.29, 1.82) is 0 Å². The van der Waals surface area contributed by atoms with Gasteiger partial charge in [0.15, 0.2) is 0 Å². The molecule has 0 aliphatic heterocycles. The van der Waals surface area contributed by atoms with Crippen LogP contribution in [0.4, 0.5) is 0 Å². The zero-order valence-corrected chi connectivity index (χ0v) is 11.7. The molecule has 2 aromatic rings. The summed E-state index contributed by atoms with van der Waals surface area (Å²) in [6.45, 7) is 4.28. The molecule has 1 N–H and O–H groups in total. The SMILES string of the molecule is COCC(C)NC(=O)c1cc(C)cc(-n2cnnn2)c1. The van der Waals surface area contributed by atoms with Crippen LogP contribution in [0.15, 0.2) is 24.5 Å². The van der Waals surface area contributed by atoms with Gasteiger partial charge in [0.2, 0.25) is 0 Å². The Hall–Kier alpha value is -2.28. The van der Waals surface area contributed by atoms with Gasteiger partial charge in [-0.3, -0.25) is 4.79 Å². The van der Waals surface area contributed by atoms with Crippen LogP contribution < -0.4 is 5.32 Å². The Morgan fingerprint density at radius 2 is 2.25 bits per heavy atom. The maximum atomic E-state index is 12.2. The summed E-state index contributed by atoms with van der Waals surface area (Å²) >= 11 is 0. The number of ether oxygens (including phenoxy) is 1. The van der Waals surface area contributed by atoms with Gasteiger partial charge in [0, 0.05) is 18.7 Å². The summed E-state index contributed by atoms with van der Waals surface area (Å²) in [5, 5.41) is 13.9. The van der Waals surface area contributed by atoms with Crippen molar-refractivity contribution < 1.29 is 9.53 Å². The highest BCUT2D eigenvalue weighted by Crippen LogP contribution is 2.13. The Balaban J connectivity index is 2.22. The fraction of sp³-hybridized carbons (Fsp3) is 0.385. The van der Waals surface area contributed by atoms with Crippen LogP contribution in [0.2, 0.25) is 0 Å². The van der Waals surface area contributed by atoms with Gasteiger partial charge >= 0.3 is 0 Å². The summed E-state index contributed by atoms with van der Waals surface area (Å²) in [4.78, 5) is 12.2. The maximum Gasteiger partial charge on any atom is 0.251 e. The van der Waals surface area contributed by atoms with Crippen LogP contribution in [0.1, 0.15) is 22.8 Å². The van der Waals surface area contributed by atoms with Crippen molar-refractivity contribution in [3.8, 4) is 5.69 Å². The van der Waals surface area contributed by atoms with Gasteiger partial charge in [-0.1, -0.05) is 0 Å². The lowest BCUT2D eigenvalue weighted by atomic mass is 10.1. The molecule has 7 nitrogen and oxygen atoms in total. The first kappa shape index (κ1) is 14.1. The largest absolute Gasteiger partial charge is 0.383 e. The molecule has 1 aromatic carbocycles. The number of rotatable bonds is 5. The fourth-order valence-electron chi connectivity index (χ4n) is 1.90. The number of hydrogen-bond donors (Lipinski definition) is 1. The van der Waals surface area contributed by atoms with Crippen molar-refractivity contribution >= 4 is 5.91 Å². The van der Waals surface area contributed by atoms with E-state index in [1.54, 1.807) is 13.2 Å². The van der Waals surface area contributed by atoms with Crippen LogP contribution >= 0.6 is 0 Å². The van der Waals surface area contributed by atoms with E-state index in [2.05, 4.69) is 20.8 Å². The van der Waals surface area contributed by atoms with Crippen LogP contribution in [0.25, 0.3) is 5.69 Å². The summed E-state index contributed by atoms with van der Waals surface area (Å²) in [6.07, 6.45) is 1.49. The number of amides is 1. The van der Waals surface area contributed by atoms with Gasteiger partial charge in [-0.2, -0.15) is 0 Å². The molecular formula is C13H17N5O2. The van der Waals surface area contributed by atoms with Crippen LogP contribution in [-0.2, 0) is 4.74 Å². The van der Waals surface area contributed by atoms with E-state index < -0.39 is 0 Å². The summed E-state index contributed by atoms with van der Waals surface area (Å²) in [7, 11) is 1.60. The molecule has 2 rings (SSSR count). The van der Waals surface area contributed by atoms with Crippen molar-refractivity contribution in [1.82, 2.24) is 25.5 Å². The predicted octanol–water partition coefficient (Wildman–Crippen LogP) is 0.735. The van der Waals surface area contributed by atoms with Crippen LogP contribution in [0.5, 0.6) is 0 Å². The zero-order valence-electron chi connectivity index (χ0n) is 11.7. The third-order valence-electron chi connectivity index (χ3n) is 2.73. The van der Waals surface area contributed by atoms with Gasteiger partial charge < -0.3 is 10.1 Å². The van der Waals surface area contributed by atoms with Crippen molar-refractivity contribution in [2.75, 3.05) is 13.7 Å². The van der Waals surface area contributed by atoms with Gasteiger partial charge in [0.25, 0.3) is 5.91 Å². The second-order valence-corrected chi connectivity index (χ2v) is 4.64. The van der Waals surface area contributed by atoms with Gasteiger partial charge in [-0.15, -0.1) is 5.10 Å². The molecule has 0 spiro atoms. The normalized spacial score (nSPS) is 12.2. The smallest absolute Gasteiger partial charge is 0.251 e. The number of nitrogens with one attached hydrogen (secondary N) is 1. The number of aromatic nitrogens is 4. The second-order valence-electron chi connectivity index (χ2n) is 4.64. The molecule has 1 atom stereocenters. The molecule has 106 valence electrons. The number of methoxy groups -OCH3 is 1. The molecule has 20 heavy (non-hydrogen) atoms. The maximum absolute atomic E-state index is 12.2. The molecule has 0 saturated carbocycles. The lowest BCUT2D eigenvalue weighted by molar-refractivity contribution is 0.0905. The van der Waals surface area contributed by atoms with Crippen molar-refractivity contribution in [3.63, 3.8) is 0 Å². The average Bonchev–Trinajstić information content (AvgIpc) is 2.92. The standard InChI is InChI=1S/C13H17N5O2/c1-9-4-11(13(19)15-10(2)7-20-3)6-12(5-9)18-8-14-16-17-18/h4-6,8,10H,7H2,1-3H3,(H,15,19). The minimum atomic E-state index is -0.146. The number of carbonyl (C=O) groups is 1. The number of hydrogen-bond acceptors (Lipinski definition) is 5. The second kappa shape index (κ2) is 6.25. The van der Waals surface area contributed by atoms with E-state index >= 15 is 0 Å². The van der Waals surface area contributed by atoms with Crippen molar-refractivity contribution in [3.05, 3.63) is 35.7 Å². The quantitative estimate of drug-likeness (QED) is 0.870. The van der Waals surface area contributed by atoms with Crippen molar-refractivity contribution in [2.45, 2.75) is 19.9 Å². The first-order chi connectivity index (χ1) is 9.60. The van der Waals surface area contributed by atoms with Gasteiger partial charge in [0.1, 0.15) is 6.33 Å². The van der Waals surface area contributed by atoms with E-state index in [9.17, 15) is 4.79 Å². The van der Waals surface area contributed by atoms with E-state index in [4.69, 9.17) is 4.74 Å². The monoisotopic (exact) mass is 275 g/mol. The highest BCUT2D eigenvalue weighted by molar-refractivity contribution is 5.95. The summed E-state index contributed by atoms with van der Waals surface area (Å²) in [5.41, 5.74) is 2.28. The molecule has 0 saturated heterocycles. The Morgan fingerprint density at radius 3 is 2.90 bits per heavy atom. The number of nitrogens with zero attached hydrogens (tertiary/aromatic N) is 4. The Labute approximate surface area is 116 Å². The molecule has 0 aliphatic rings. The van der Waals surface area contributed by atoms with E-state index in [-0.39, 0.29) is 11.9 Å². The molecule has 1 unspecified atom stereocenters. The molecule has 0 bridgehead atoms. The van der Waals surface area contributed by atoms with E-state index in [0.29, 0.717) is 12.2 Å². The van der Waals surface area contributed by atoms with E-state index in [1.807, 2.05) is 26.0 Å². The van der Waals surface area contributed by atoms with Crippen LogP contribution in [0, 0.1) is 6.92 Å². The first-order valence-electron chi connectivity index (χ1n) is 6.25. The van der Waals surface area contributed by atoms with E-state index in [1.165, 1.54) is 11.0 Å². The highest BCUT2D eigenvalue weighted by Gasteiger charge is 2.12. The molecule has 7 heteroatoms. The average molecular weight is 275 g/mol. The summed E-state index contributed by atoms with van der Waals surface area (Å²) < 4.78 is 6.52. The number of carbonyl (C=O) groups excluding carboxylic acids is 1. The topological polar surface area (TPSA) is 81.9 Å². The molecule has 0 radical (unpaired) electrons. The lowest BCUT2D eigenvalue weighted by Crippen LogP contribution is -2.35. The third kappa shape index (κ3) is 3.39. The van der Waals surface area contributed by atoms with Crippen molar-refractivity contribution in [2.24, 2.45) is 0 Å². The molecular weight excluding hydrogens is 258 g/mol. The van der Waals surface area contributed by atoms with Gasteiger partial charge in [0.05, 0.1) is 12.3 Å². The summed E-state index contributed by atoms with van der Waals surface area (Å²) in [5.74, 6) is -0.146. The van der Waals surface area contributed by atoms with Gasteiger partial charge in [-0.05, 0) is 48.0 Å². The lowest BCUT2D eigenvalue weighted by Gasteiger charge is -2.13. The Kier molecular flexibility index (Phi) is 4.41. The number of benzene rings is 1. The molecule has 0 aliphatic carbocycles. The Morgan fingerprint density at radius 1 is 1.45 bits per heavy atom. The van der Waals surface area contributed by atoms with E-state index in [0.717, 1.165) is 11.3 Å². The minimum Gasteiger partial charge on any atom is -0.383 e. The highest BCUT2D eigenvalue weighted by atomic mass is 16.5. The third-order valence-corrected chi connectivity index (χ3v) is 2.73. The molecule has 1 amide bonds. The number of aryl methyl sites for hydroxylation is 1.